The summed E-state index contributed by atoms with van der Waals surface area (Å²) in [5.41, 5.74) is -1.26. The van der Waals surface area contributed by atoms with Gasteiger partial charge in [0.1, 0.15) is 5.54 Å². The molecule has 0 fully saturated rings. The van der Waals surface area contributed by atoms with Gasteiger partial charge in [-0.05, 0) is 33.7 Å². The molecule has 0 heterocycles. The van der Waals surface area contributed by atoms with E-state index in [4.69, 9.17) is 14.6 Å². The molecule has 0 saturated heterocycles. The molecule has 0 amide bonds. The summed E-state index contributed by atoms with van der Waals surface area (Å²) in [6.45, 7) is 8.66. The molecule has 0 bridgehead atoms. The Morgan fingerprint density at radius 3 is 2.35 bits per heavy atom. The van der Waals surface area contributed by atoms with Crippen molar-refractivity contribution in [2.24, 2.45) is 0 Å². The number of aliphatic carboxylic acids is 1. The molecule has 2 N–H and O–H groups in total. The van der Waals surface area contributed by atoms with Gasteiger partial charge in [-0.3, -0.25) is 4.79 Å². The van der Waals surface area contributed by atoms with E-state index in [1.807, 2.05) is 20.8 Å². The van der Waals surface area contributed by atoms with Crippen molar-refractivity contribution in [3.05, 3.63) is 0 Å². The van der Waals surface area contributed by atoms with Gasteiger partial charge >= 0.3 is 5.97 Å². The van der Waals surface area contributed by atoms with Gasteiger partial charge in [-0.2, -0.15) is 0 Å². The third-order valence-electron chi connectivity index (χ3n) is 2.83. The molecule has 5 heteroatoms. The van der Waals surface area contributed by atoms with E-state index in [0.717, 1.165) is 6.42 Å². The monoisotopic (exact) mass is 247 g/mol. The molecule has 0 aliphatic rings. The molecule has 0 radical (unpaired) electrons. The number of carboxylic acids is 1. The molecular formula is C12H25NO4. The summed E-state index contributed by atoms with van der Waals surface area (Å²) in [6, 6.07) is 0. The Labute approximate surface area is 103 Å². The first-order valence-electron chi connectivity index (χ1n) is 5.89. The molecule has 102 valence electrons. The van der Waals surface area contributed by atoms with Crippen LogP contribution < -0.4 is 5.32 Å². The van der Waals surface area contributed by atoms with E-state index >= 15 is 0 Å². The van der Waals surface area contributed by atoms with Crippen molar-refractivity contribution in [2.75, 3.05) is 26.9 Å². The summed E-state index contributed by atoms with van der Waals surface area (Å²) >= 11 is 0. The average molecular weight is 247 g/mol. The van der Waals surface area contributed by atoms with Crippen molar-refractivity contribution in [3.63, 3.8) is 0 Å². The van der Waals surface area contributed by atoms with Crippen LogP contribution >= 0.6 is 0 Å². The molecule has 0 rings (SSSR count). The van der Waals surface area contributed by atoms with Crippen LogP contribution in [-0.4, -0.2) is 49.1 Å². The van der Waals surface area contributed by atoms with E-state index in [1.165, 1.54) is 0 Å². The Morgan fingerprint density at radius 2 is 1.94 bits per heavy atom. The maximum atomic E-state index is 11.1. The summed E-state index contributed by atoms with van der Waals surface area (Å²) in [4.78, 5) is 11.1. The smallest absolute Gasteiger partial charge is 0.326 e. The third-order valence-corrected chi connectivity index (χ3v) is 2.83. The van der Waals surface area contributed by atoms with E-state index in [9.17, 15) is 4.79 Å². The van der Waals surface area contributed by atoms with Crippen molar-refractivity contribution in [1.29, 1.82) is 0 Å². The zero-order chi connectivity index (χ0) is 13.5. The number of nitrogens with one attached hydrogen (secondary N) is 1. The zero-order valence-corrected chi connectivity index (χ0v) is 11.5. The van der Waals surface area contributed by atoms with Crippen molar-refractivity contribution < 1.29 is 19.4 Å². The summed E-state index contributed by atoms with van der Waals surface area (Å²) in [5, 5.41) is 12.0. The van der Waals surface area contributed by atoms with Crippen LogP contribution in [0.3, 0.4) is 0 Å². The number of likely N-dealkylation sites (N-methyl/N-ethyl adjacent to an activating group) is 1. The highest BCUT2D eigenvalue weighted by atomic mass is 16.5. The van der Waals surface area contributed by atoms with Gasteiger partial charge in [0.25, 0.3) is 0 Å². The summed E-state index contributed by atoms with van der Waals surface area (Å²) in [6.07, 6.45) is 0.728. The normalized spacial score (nSPS) is 15.6. The van der Waals surface area contributed by atoms with Crippen molar-refractivity contribution in [2.45, 2.75) is 45.3 Å². The first-order chi connectivity index (χ1) is 7.77. The van der Waals surface area contributed by atoms with Crippen LogP contribution in [-0.2, 0) is 14.3 Å². The van der Waals surface area contributed by atoms with Crippen molar-refractivity contribution in [3.8, 4) is 0 Å². The second-order valence-electron chi connectivity index (χ2n) is 4.93. The fourth-order valence-electron chi connectivity index (χ4n) is 1.27. The lowest BCUT2D eigenvalue weighted by Crippen LogP contribution is -2.53. The Balaban J connectivity index is 4.04. The van der Waals surface area contributed by atoms with Gasteiger partial charge in [-0.15, -0.1) is 0 Å². The van der Waals surface area contributed by atoms with Crippen LogP contribution in [0.15, 0.2) is 0 Å². The van der Waals surface area contributed by atoms with E-state index in [2.05, 4.69) is 5.32 Å². The minimum Gasteiger partial charge on any atom is -0.480 e. The lowest BCUT2D eigenvalue weighted by Gasteiger charge is -2.27. The SMILES string of the molecule is CCNC(C)(COCCC(C)(C)OC)C(=O)O. The maximum Gasteiger partial charge on any atom is 0.326 e. The number of methoxy groups -OCH3 is 1. The van der Waals surface area contributed by atoms with Crippen LogP contribution in [0.1, 0.15) is 34.1 Å². The standard InChI is InChI=1S/C12H25NO4/c1-6-13-12(4,10(14)15)9-17-8-7-11(2,3)16-5/h13H,6-9H2,1-5H3,(H,14,15). The molecular weight excluding hydrogens is 222 g/mol. The Bertz CT molecular complexity index is 243. The molecule has 1 atom stereocenters. The Kier molecular flexibility index (Phi) is 6.67. The number of carboxylic acid groups (broad SMARTS) is 1. The lowest BCUT2D eigenvalue weighted by atomic mass is 10.0. The van der Waals surface area contributed by atoms with Gasteiger partial charge in [0.05, 0.1) is 12.2 Å². The van der Waals surface area contributed by atoms with Gasteiger partial charge in [-0.25, -0.2) is 0 Å². The first kappa shape index (κ1) is 16.4. The van der Waals surface area contributed by atoms with Gasteiger partial charge in [0, 0.05) is 13.7 Å². The summed E-state index contributed by atoms with van der Waals surface area (Å²) < 4.78 is 10.7. The summed E-state index contributed by atoms with van der Waals surface area (Å²) in [5.74, 6) is -0.898. The van der Waals surface area contributed by atoms with Gasteiger partial charge in [-0.1, -0.05) is 6.92 Å². The highest BCUT2D eigenvalue weighted by Gasteiger charge is 2.32. The molecule has 1 unspecified atom stereocenters. The molecule has 0 saturated carbocycles. The fourth-order valence-corrected chi connectivity index (χ4v) is 1.27. The van der Waals surface area contributed by atoms with Crippen LogP contribution in [0.2, 0.25) is 0 Å². The van der Waals surface area contributed by atoms with E-state index in [0.29, 0.717) is 13.2 Å². The molecule has 0 aliphatic heterocycles. The zero-order valence-electron chi connectivity index (χ0n) is 11.5. The minimum atomic E-state index is -1.02. The van der Waals surface area contributed by atoms with E-state index in [-0.39, 0.29) is 12.2 Å². The molecule has 0 aliphatic carbocycles. The molecule has 17 heavy (non-hydrogen) atoms. The number of rotatable bonds is 9. The second-order valence-corrected chi connectivity index (χ2v) is 4.93. The molecule has 0 aromatic heterocycles. The number of ether oxygens (including phenoxy) is 2. The minimum absolute atomic E-state index is 0.149. The number of hydrogen-bond donors (Lipinski definition) is 2. The average Bonchev–Trinajstić information content (AvgIpc) is 2.25. The van der Waals surface area contributed by atoms with Crippen molar-refractivity contribution in [1.82, 2.24) is 5.32 Å². The van der Waals surface area contributed by atoms with Gasteiger partial charge in [0.15, 0.2) is 0 Å². The van der Waals surface area contributed by atoms with Crippen molar-refractivity contribution >= 4 is 5.97 Å². The van der Waals surface area contributed by atoms with E-state index < -0.39 is 11.5 Å². The van der Waals surface area contributed by atoms with Crippen LogP contribution in [0.25, 0.3) is 0 Å². The summed E-state index contributed by atoms with van der Waals surface area (Å²) in [7, 11) is 1.65. The van der Waals surface area contributed by atoms with Crippen LogP contribution in [0.5, 0.6) is 0 Å². The topological polar surface area (TPSA) is 67.8 Å². The Hall–Kier alpha value is -0.650. The molecule has 5 nitrogen and oxygen atoms in total. The maximum absolute atomic E-state index is 11.1. The van der Waals surface area contributed by atoms with Gasteiger partial charge < -0.3 is 19.9 Å². The first-order valence-corrected chi connectivity index (χ1v) is 5.89. The molecule has 0 aromatic rings. The highest BCUT2D eigenvalue weighted by molar-refractivity contribution is 5.78. The lowest BCUT2D eigenvalue weighted by molar-refractivity contribution is -0.147. The van der Waals surface area contributed by atoms with Crippen LogP contribution in [0.4, 0.5) is 0 Å². The fraction of sp³-hybridized carbons (Fsp3) is 0.917. The molecule has 0 spiro atoms. The van der Waals surface area contributed by atoms with Gasteiger partial charge in [0.2, 0.25) is 0 Å². The number of carbonyl (C=O) groups is 1. The quantitative estimate of drug-likeness (QED) is 0.601. The van der Waals surface area contributed by atoms with Crippen LogP contribution in [0, 0.1) is 0 Å². The van der Waals surface area contributed by atoms with E-state index in [1.54, 1.807) is 14.0 Å². The largest absolute Gasteiger partial charge is 0.480 e. The second kappa shape index (κ2) is 6.93. The Morgan fingerprint density at radius 1 is 1.35 bits per heavy atom. The number of hydrogen-bond acceptors (Lipinski definition) is 4. The third kappa shape index (κ3) is 6.00. The molecule has 0 aromatic carbocycles. The predicted octanol–water partition coefficient (Wildman–Crippen LogP) is 1.27. The highest BCUT2D eigenvalue weighted by Crippen LogP contribution is 2.13. The predicted molar refractivity (Wildman–Crippen MR) is 66.2 cm³/mol.